The highest BCUT2D eigenvalue weighted by Crippen LogP contribution is 2.35. The molecule has 1 unspecified atom stereocenters. The summed E-state index contributed by atoms with van der Waals surface area (Å²) in [4.78, 5) is 29.6. The van der Waals surface area contributed by atoms with Gasteiger partial charge in [0.25, 0.3) is 0 Å². The number of hydrogen-bond donors (Lipinski definition) is 2. The first-order valence-electron chi connectivity index (χ1n) is 10.5. The molecule has 2 aromatic carbocycles. The molecule has 6 nitrogen and oxygen atoms in total. The van der Waals surface area contributed by atoms with Gasteiger partial charge in [0.2, 0.25) is 0 Å². The highest BCUT2D eigenvalue weighted by atomic mass is 79.9. The van der Waals surface area contributed by atoms with E-state index in [-0.39, 0.29) is 30.6 Å². The van der Waals surface area contributed by atoms with Gasteiger partial charge in [-0.1, -0.05) is 48.0 Å². The maximum Gasteiger partial charge on any atom is 0.373 e. The number of aliphatic hydroxyl groups is 1. The van der Waals surface area contributed by atoms with Crippen molar-refractivity contribution in [3.63, 3.8) is 0 Å². The van der Waals surface area contributed by atoms with E-state index in [4.69, 9.17) is 14.3 Å². The molecule has 174 valence electrons. The number of benzene rings is 2. The van der Waals surface area contributed by atoms with Crippen molar-refractivity contribution in [2.45, 2.75) is 65.7 Å². The molecule has 0 bridgehead atoms. The SMILES string of the molecule is Cc1cc(C)cc(NC(C[C@@H](O)c2ccc(Br)cc2)(C(=O)OC(C)C)C(C)C)c1.O=C=O. The standard InChI is InChI=1S/C24H32BrNO3.CO2/c1-15(2)24(23(28)29-16(3)4,26-21-12-17(5)11-18(6)13-21)14-22(27)19-7-9-20(25)10-8-19;2-1-3/h7-13,15-16,22,26-27H,14H2,1-6H3;/t22-,24?;/m1./s1. The van der Waals surface area contributed by atoms with E-state index < -0.39 is 11.6 Å². The van der Waals surface area contributed by atoms with E-state index >= 15 is 0 Å². The Labute approximate surface area is 198 Å². The van der Waals surface area contributed by atoms with Gasteiger partial charge in [0.1, 0.15) is 5.54 Å². The fourth-order valence-corrected chi connectivity index (χ4v) is 3.80. The van der Waals surface area contributed by atoms with E-state index in [1.165, 1.54) is 0 Å². The molecular weight excluding hydrogens is 474 g/mol. The van der Waals surface area contributed by atoms with Gasteiger partial charge in [-0.15, -0.1) is 0 Å². The summed E-state index contributed by atoms with van der Waals surface area (Å²) < 4.78 is 6.59. The highest BCUT2D eigenvalue weighted by Gasteiger charge is 2.45. The quantitative estimate of drug-likeness (QED) is 0.468. The molecule has 0 aliphatic rings. The Kier molecular flexibility index (Phi) is 10.8. The molecule has 2 atom stereocenters. The molecule has 0 amide bonds. The minimum atomic E-state index is -1.07. The summed E-state index contributed by atoms with van der Waals surface area (Å²) in [7, 11) is 0. The molecule has 0 heterocycles. The van der Waals surface area contributed by atoms with E-state index in [0.717, 1.165) is 26.9 Å². The fraction of sp³-hybridized carbons (Fsp3) is 0.440. The van der Waals surface area contributed by atoms with Crippen molar-refractivity contribution in [1.82, 2.24) is 0 Å². The third-order valence-corrected chi connectivity index (χ3v) is 5.58. The molecule has 32 heavy (non-hydrogen) atoms. The van der Waals surface area contributed by atoms with Crippen molar-refractivity contribution in [3.05, 3.63) is 63.6 Å². The normalized spacial score (nSPS) is 13.4. The summed E-state index contributed by atoms with van der Waals surface area (Å²) in [5.41, 5.74) is 2.75. The first-order valence-corrected chi connectivity index (χ1v) is 11.2. The van der Waals surface area contributed by atoms with Gasteiger partial charge in [0, 0.05) is 16.6 Å². The third kappa shape index (κ3) is 7.90. The molecule has 0 radical (unpaired) electrons. The van der Waals surface area contributed by atoms with E-state index in [1.807, 2.05) is 77.9 Å². The van der Waals surface area contributed by atoms with Crippen molar-refractivity contribution < 1.29 is 24.2 Å². The van der Waals surface area contributed by atoms with Crippen LogP contribution in [0.1, 0.15) is 56.9 Å². The van der Waals surface area contributed by atoms with Crippen molar-refractivity contribution >= 4 is 33.7 Å². The first kappa shape index (κ1) is 27.6. The molecule has 0 aliphatic carbocycles. The number of hydrogen-bond acceptors (Lipinski definition) is 6. The second kappa shape index (κ2) is 12.5. The minimum Gasteiger partial charge on any atom is -0.461 e. The number of halogens is 1. The number of ether oxygens (including phenoxy) is 1. The maximum absolute atomic E-state index is 13.3. The Hall–Kier alpha value is -2.47. The van der Waals surface area contributed by atoms with Gasteiger partial charge < -0.3 is 15.2 Å². The van der Waals surface area contributed by atoms with Gasteiger partial charge in [0.05, 0.1) is 12.2 Å². The fourth-order valence-electron chi connectivity index (χ4n) is 3.53. The molecule has 0 saturated carbocycles. The predicted molar refractivity (Wildman–Crippen MR) is 127 cm³/mol. The Bertz CT molecular complexity index is 900. The molecule has 2 aromatic rings. The van der Waals surface area contributed by atoms with E-state index in [9.17, 15) is 9.90 Å². The van der Waals surface area contributed by atoms with Crippen LogP contribution in [0.4, 0.5) is 5.69 Å². The number of carbonyl (C=O) groups excluding carboxylic acids is 3. The largest absolute Gasteiger partial charge is 0.461 e. The zero-order chi connectivity index (χ0) is 24.5. The van der Waals surface area contributed by atoms with Crippen molar-refractivity contribution in [2.24, 2.45) is 5.92 Å². The van der Waals surface area contributed by atoms with Crippen LogP contribution in [0.15, 0.2) is 46.9 Å². The van der Waals surface area contributed by atoms with Crippen LogP contribution in [0.3, 0.4) is 0 Å². The van der Waals surface area contributed by atoms with Crippen LogP contribution in [0.5, 0.6) is 0 Å². The highest BCUT2D eigenvalue weighted by molar-refractivity contribution is 9.10. The molecule has 0 fully saturated rings. The first-order chi connectivity index (χ1) is 14.9. The summed E-state index contributed by atoms with van der Waals surface area (Å²) in [6.07, 6.45) is -0.611. The number of anilines is 1. The third-order valence-electron chi connectivity index (χ3n) is 5.05. The van der Waals surface area contributed by atoms with Crippen LogP contribution >= 0.6 is 15.9 Å². The lowest BCUT2D eigenvalue weighted by atomic mass is 9.79. The molecule has 0 aliphatic heterocycles. The van der Waals surface area contributed by atoms with Crippen LogP contribution in [0.25, 0.3) is 0 Å². The zero-order valence-electron chi connectivity index (χ0n) is 19.4. The predicted octanol–water partition coefficient (Wildman–Crippen LogP) is 5.36. The maximum atomic E-state index is 13.3. The van der Waals surface area contributed by atoms with Gasteiger partial charge in [-0.3, -0.25) is 0 Å². The number of rotatable bonds is 8. The van der Waals surface area contributed by atoms with E-state index in [2.05, 4.69) is 27.3 Å². The summed E-state index contributed by atoms with van der Waals surface area (Å²) in [5.74, 6) is -0.461. The smallest absolute Gasteiger partial charge is 0.373 e. The van der Waals surface area contributed by atoms with Crippen LogP contribution in [-0.4, -0.2) is 28.9 Å². The van der Waals surface area contributed by atoms with Crippen molar-refractivity contribution in [2.75, 3.05) is 5.32 Å². The minimum absolute atomic E-state index is 0.111. The van der Waals surface area contributed by atoms with Gasteiger partial charge in [-0.25, -0.2) is 4.79 Å². The molecule has 2 rings (SSSR count). The zero-order valence-corrected chi connectivity index (χ0v) is 21.0. The number of nitrogens with one attached hydrogen (secondary N) is 1. The Morgan fingerprint density at radius 3 is 2.00 bits per heavy atom. The number of aliphatic hydroxyl groups excluding tert-OH is 1. The van der Waals surface area contributed by atoms with Crippen LogP contribution < -0.4 is 5.32 Å². The molecule has 2 N–H and O–H groups in total. The van der Waals surface area contributed by atoms with Crippen LogP contribution in [0.2, 0.25) is 0 Å². The number of esters is 1. The molecule has 7 heteroatoms. The lowest BCUT2D eigenvalue weighted by molar-refractivity contribution is -0.191. The lowest BCUT2D eigenvalue weighted by Gasteiger charge is -2.39. The van der Waals surface area contributed by atoms with Gasteiger partial charge in [0.15, 0.2) is 0 Å². The average molecular weight is 506 g/mol. The molecule has 0 saturated heterocycles. The van der Waals surface area contributed by atoms with Gasteiger partial charge >= 0.3 is 12.1 Å². The number of aryl methyl sites for hydroxylation is 2. The Morgan fingerprint density at radius 1 is 1.06 bits per heavy atom. The number of carbonyl (C=O) groups is 1. The second-order valence-electron chi connectivity index (χ2n) is 8.44. The second-order valence-corrected chi connectivity index (χ2v) is 9.35. The van der Waals surface area contributed by atoms with Gasteiger partial charge in [-0.2, -0.15) is 9.59 Å². The topological polar surface area (TPSA) is 92.7 Å². The average Bonchev–Trinajstić information content (AvgIpc) is 2.67. The molecule has 0 aromatic heterocycles. The molecular formula is C25H32BrNO5. The van der Waals surface area contributed by atoms with E-state index in [0.29, 0.717) is 0 Å². The van der Waals surface area contributed by atoms with Crippen molar-refractivity contribution in [3.8, 4) is 0 Å². The van der Waals surface area contributed by atoms with E-state index in [1.54, 1.807) is 0 Å². The van der Waals surface area contributed by atoms with Crippen LogP contribution in [0, 0.1) is 19.8 Å². The summed E-state index contributed by atoms with van der Waals surface area (Å²) >= 11 is 3.42. The lowest BCUT2D eigenvalue weighted by Crippen LogP contribution is -2.53. The van der Waals surface area contributed by atoms with Crippen LogP contribution in [-0.2, 0) is 19.1 Å². The Morgan fingerprint density at radius 2 is 1.56 bits per heavy atom. The van der Waals surface area contributed by atoms with Crippen molar-refractivity contribution in [1.29, 1.82) is 0 Å². The van der Waals surface area contributed by atoms with Gasteiger partial charge in [-0.05, 0) is 74.6 Å². The monoisotopic (exact) mass is 505 g/mol. The Balaban J connectivity index is 0.00000161. The summed E-state index contributed by atoms with van der Waals surface area (Å²) in [6.45, 7) is 11.7. The summed E-state index contributed by atoms with van der Waals surface area (Å²) in [5, 5.41) is 14.5. The molecule has 0 spiro atoms. The summed E-state index contributed by atoms with van der Waals surface area (Å²) in [6, 6.07) is 13.6.